The molecule has 0 aliphatic carbocycles. The summed E-state index contributed by atoms with van der Waals surface area (Å²) in [7, 11) is 0. The molecule has 3 nitrogen and oxygen atoms in total. The molecule has 25 heavy (non-hydrogen) atoms. The predicted molar refractivity (Wildman–Crippen MR) is 105 cm³/mol. The Hall–Kier alpha value is -1.91. The van der Waals surface area contributed by atoms with Crippen LogP contribution in [-0.2, 0) is 0 Å². The quantitative estimate of drug-likeness (QED) is 0.677. The Morgan fingerprint density at radius 1 is 1.16 bits per heavy atom. The third-order valence-electron chi connectivity index (χ3n) is 4.68. The van der Waals surface area contributed by atoms with Crippen LogP contribution in [0.15, 0.2) is 54.7 Å². The van der Waals surface area contributed by atoms with Gasteiger partial charge in [0, 0.05) is 51.8 Å². The first-order valence-electron chi connectivity index (χ1n) is 8.45. The third kappa shape index (κ3) is 3.42. The van der Waals surface area contributed by atoms with Crippen LogP contribution >= 0.6 is 23.4 Å². The molecule has 2 heterocycles. The second-order valence-electron chi connectivity index (χ2n) is 6.24. The van der Waals surface area contributed by atoms with Crippen molar-refractivity contribution in [2.75, 3.05) is 18.8 Å². The van der Waals surface area contributed by atoms with Gasteiger partial charge in [0.25, 0.3) is 5.91 Å². The molecule has 4 rings (SSSR count). The lowest BCUT2D eigenvalue weighted by Gasteiger charge is -2.20. The van der Waals surface area contributed by atoms with Crippen molar-refractivity contribution in [2.24, 2.45) is 0 Å². The van der Waals surface area contributed by atoms with Gasteiger partial charge in [-0.05, 0) is 42.3 Å². The number of H-pyrrole nitrogens is 1. The zero-order valence-corrected chi connectivity index (χ0v) is 15.3. The minimum atomic E-state index is 0.114. The van der Waals surface area contributed by atoms with E-state index in [-0.39, 0.29) is 5.91 Å². The summed E-state index contributed by atoms with van der Waals surface area (Å²) in [5.41, 5.74) is 2.99. The number of fused-ring (bicyclic) bond motifs is 1. The molecular weight excluding hydrogens is 352 g/mol. The van der Waals surface area contributed by atoms with E-state index in [4.69, 9.17) is 11.6 Å². The fourth-order valence-electron chi connectivity index (χ4n) is 3.33. The van der Waals surface area contributed by atoms with Gasteiger partial charge in [0.1, 0.15) is 0 Å². The second kappa shape index (κ2) is 7.14. The van der Waals surface area contributed by atoms with E-state index in [1.165, 1.54) is 5.56 Å². The molecule has 2 aromatic carbocycles. The normalized spacial score (nSPS) is 18.3. The average molecular weight is 371 g/mol. The maximum absolute atomic E-state index is 12.9. The number of aromatic amines is 1. The first-order chi connectivity index (χ1) is 12.2. The second-order valence-corrected chi connectivity index (χ2v) is 7.96. The molecule has 0 radical (unpaired) electrons. The number of hydrogen-bond acceptors (Lipinski definition) is 2. The molecule has 128 valence electrons. The van der Waals surface area contributed by atoms with Crippen molar-refractivity contribution in [3.63, 3.8) is 0 Å². The Morgan fingerprint density at radius 3 is 2.92 bits per heavy atom. The van der Waals surface area contributed by atoms with Crippen molar-refractivity contribution in [2.45, 2.75) is 11.7 Å². The smallest absolute Gasteiger partial charge is 0.253 e. The lowest BCUT2D eigenvalue weighted by Crippen LogP contribution is -2.32. The van der Waals surface area contributed by atoms with E-state index in [1.54, 1.807) is 0 Å². The molecule has 1 aliphatic heterocycles. The Morgan fingerprint density at radius 2 is 2.04 bits per heavy atom. The number of thioether (sulfide) groups is 1. The molecule has 5 heteroatoms. The average Bonchev–Trinajstić information content (AvgIpc) is 2.97. The summed E-state index contributed by atoms with van der Waals surface area (Å²) in [6, 6.07) is 15.9. The topological polar surface area (TPSA) is 36.1 Å². The fraction of sp³-hybridized carbons (Fsp3) is 0.250. The first-order valence-corrected chi connectivity index (χ1v) is 9.87. The van der Waals surface area contributed by atoms with E-state index in [0.717, 1.165) is 46.8 Å². The van der Waals surface area contributed by atoms with Gasteiger partial charge in [0.05, 0.1) is 0 Å². The summed E-state index contributed by atoms with van der Waals surface area (Å²) >= 11 is 8.24. The minimum absolute atomic E-state index is 0.114. The Kier molecular flexibility index (Phi) is 4.73. The van der Waals surface area contributed by atoms with Gasteiger partial charge in [-0.3, -0.25) is 4.79 Å². The molecule has 1 amide bonds. The van der Waals surface area contributed by atoms with Gasteiger partial charge in [-0.15, -0.1) is 0 Å². The highest BCUT2D eigenvalue weighted by Crippen LogP contribution is 2.38. The van der Waals surface area contributed by atoms with Crippen LogP contribution < -0.4 is 0 Å². The van der Waals surface area contributed by atoms with Gasteiger partial charge in [0.2, 0.25) is 0 Å². The lowest BCUT2D eigenvalue weighted by atomic mass is 10.1. The summed E-state index contributed by atoms with van der Waals surface area (Å²) in [4.78, 5) is 18.0. The summed E-state index contributed by atoms with van der Waals surface area (Å²) in [5, 5.41) is 2.24. The third-order valence-corrected chi connectivity index (χ3v) is 6.34. The maximum atomic E-state index is 12.9. The zero-order chi connectivity index (χ0) is 17.2. The molecule has 0 saturated carbocycles. The number of aromatic nitrogens is 1. The number of carbonyl (C=O) groups is 1. The van der Waals surface area contributed by atoms with E-state index in [9.17, 15) is 4.79 Å². The van der Waals surface area contributed by atoms with Gasteiger partial charge in [0.15, 0.2) is 0 Å². The number of halogens is 1. The Balaban J connectivity index is 1.50. The molecule has 0 bridgehead atoms. The summed E-state index contributed by atoms with van der Waals surface area (Å²) < 4.78 is 0. The largest absolute Gasteiger partial charge is 0.361 e. The number of amides is 1. The van der Waals surface area contributed by atoms with Crippen LogP contribution in [0.1, 0.15) is 27.6 Å². The lowest BCUT2D eigenvalue weighted by molar-refractivity contribution is 0.0767. The first kappa shape index (κ1) is 16.6. The number of benzene rings is 2. The van der Waals surface area contributed by atoms with Crippen molar-refractivity contribution in [3.05, 3.63) is 70.9 Å². The number of hydrogen-bond donors (Lipinski definition) is 1. The van der Waals surface area contributed by atoms with E-state index >= 15 is 0 Å². The molecule has 1 aromatic heterocycles. The SMILES string of the molecule is O=C(c1ccc2[nH]ccc2c1)N1CCS[C@H](c2ccccc2Cl)CC1. The van der Waals surface area contributed by atoms with Crippen molar-refractivity contribution in [1.29, 1.82) is 0 Å². The molecule has 1 N–H and O–H groups in total. The number of carbonyl (C=O) groups excluding carboxylic acids is 1. The van der Waals surface area contributed by atoms with Crippen LogP contribution in [0.2, 0.25) is 5.02 Å². The van der Waals surface area contributed by atoms with Crippen LogP contribution in [0, 0.1) is 0 Å². The molecule has 1 aliphatic rings. The predicted octanol–water partition coefficient (Wildman–Crippen LogP) is 5.14. The Bertz CT molecular complexity index is 907. The highest BCUT2D eigenvalue weighted by molar-refractivity contribution is 7.99. The van der Waals surface area contributed by atoms with E-state index in [0.29, 0.717) is 5.25 Å². The van der Waals surface area contributed by atoms with Gasteiger partial charge in [-0.25, -0.2) is 0 Å². The van der Waals surface area contributed by atoms with Gasteiger partial charge < -0.3 is 9.88 Å². The van der Waals surface area contributed by atoms with Crippen LogP contribution in [0.5, 0.6) is 0 Å². The highest BCUT2D eigenvalue weighted by Gasteiger charge is 2.24. The zero-order valence-electron chi connectivity index (χ0n) is 13.7. The standard InChI is InChI=1S/C20H19ClN2OS/c21-17-4-2-1-3-16(17)19-8-10-23(11-12-25-19)20(24)15-5-6-18-14(13-15)7-9-22-18/h1-7,9,13,19,22H,8,10-12H2/t19-/m0/s1. The van der Waals surface area contributed by atoms with Crippen molar-refractivity contribution < 1.29 is 4.79 Å². The van der Waals surface area contributed by atoms with Crippen molar-refractivity contribution >= 4 is 40.2 Å². The molecular formula is C20H19ClN2OS. The minimum Gasteiger partial charge on any atom is -0.361 e. The van der Waals surface area contributed by atoms with Crippen LogP contribution in [0.4, 0.5) is 0 Å². The van der Waals surface area contributed by atoms with Crippen LogP contribution in [0.3, 0.4) is 0 Å². The Labute approximate surface area is 156 Å². The molecule has 1 saturated heterocycles. The highest BCUT2D eigenvalue weighted by atomic mass is 35.5. The van der Waals surface area contributed by atoms with E-state index in [2.05, 4.69) is 11.1 Å². The molecule has 1 atom stereocenters. The van der Waals surface area contributed by atoms with Gasteiger partial charge >= 0.3 is 0 Å². The van der Waals surface area contributed by atoms with Crippen molar-refractivity contribution in [3.8, 4) is 0 Å². The molecule has 1 fully saturated rings. The molecule has 3 aromatic rings. The van der Waals surface area contributed by atoms with Crippen LogP contribution in [0.25, 0.3) is 10.9 Å². The van der Waals surface area contributed by atoms with Crippen molar-refractivity contribution in [1.82, 2.24) is 9.88 Å². The van der Waals surface area contributed by atoms with E-state index < -0.39 is 0 Å². The maximum Gasteiger partial charge on any atom is 0.253 e. The summed E-state index contributed by atoms with van der Waals surface area (Å²) in [6.45, 7) is 1.53. The fourth-order valence-corrected chi connectivity index (χ4v) is 4.93. The number of nitrogens with zero attached hydrogens (tertiary/aromatic N) is 1. The van der Waals surface area contributed by atoms with E-state index in [1.807, 2.05) is 65.3 Å². The number of rotatable bonds is 2. The molecule has 0 spiro atoms. The monoisotopic (exact) mass is 370 g/mol. The van der Waals surface area contributed by atoms with Gasteiger partial charge in [-0.1, -0.05) is 29.8 Å². The summed E-state index contributed by atoms with van der Waals surface area (Å²) in [6.07, 6.45) is 2.82. The summed E-state index contributed by atoms with van der Waals surface area (Å²) in [5.74, 6) is 1.04. The van der Waals surface area contributed by atoms with Gasteiger partial charge in [-0.2, -0.15) is 11.8 Å². The number of nitrogens with one attached hydrogen (secondary N) is 1. The van der Waals surface area contributed by atoms with Crippen LogP contribution in [-0.4, -0.2) is 34.6 Å². The molecule has 0 unspecified atom stereocenters.